The summed E-state index contributed by atoms with van der Waals surface area (Å²) in [4.78, 5) is 38.6. The molecule has 0 atom stereocenters. The number of ether oxygens (including phenoxy) is 3. The first kappa shape index (κ1) is 21.2. The van der Waals surface area contributed by atoms with Crippen LogP contribution in [0.15, 0.2) is 53.2 Å². The summed E-state index contributed by atoms with van der Waals surface area (Å²) in [5, 5.41) is 2.55. The van der Waals surface area contributed by atoms with E-state index in [1.807, 2.05) is 0 Å². The molecule has 1 aliphatic heterocycles. The lowest BCUT2D eigenvalue weighted by atomic mass is 10.2. The lowest BCUT2D eigenvalue weighted by molar-refractivity contribution is -0.120. The average Bonchev–Trinajstić information content (AvgIpc) is 2.96. The Hall–Kier alpha value is -3.52. The lowest BCUT2D eigenvalue weighted by Crippen LogP contribution is -2.32. The Kier molecular flexibility index (Phi) is 6.27. The van der Waals surface area contributed by atoms with Crippen molar-refractivity contribution in [2.24, 2.45) is 0 Å². The van der Waals surface area contributed by atoms with Gasteiger partial charge in [0.1, 0.15) is 22.2 Å². The number of carbonyl (C=O) groups is 3. The Morgan fingerprint density at radius 2 is 1.83 bits per heavy atom. The van der Waals surface area contributed by atoms with Crippen LogP contribution in [0.5, 0.6) is 11.5 Å². The summed E-state index contributed by atoms with van der Waals surface area (Å²) < 4.78 is 15.4. The predicted molar refractivity (Wildman–Crippen MR) is 111 cm³/mol. The number of methoxy groups -OCH3 is 2. The molecule has 2 amide bonds. The van der Waals surface area contributed by atoms with E-state index < -0.39 is 17.8 Å². The van der Waals surface area contributed by atoms with Crippen molar-refractivity contribution in [2.45, 2.75) is 6.92 Å². The lowest BCUT2D eigenvalue weighted by Gasteiger charge is -2.18. The maximum atomic E-state index is 13.0. The van der Waals surface area contributed by atoms with E-state index >= 15 is 0 Å². The van der Waals surface area contributed by atoms with Gasteiger partial charge in [0.25, 0.3) is 11.8 Å². The third-order valence-corrected chi connectivity index (χ3v) is 4.65. The number of anilines is 2. The number of halogens is 1. The molecule has 0 saturated heterocycles. The normalized spacial score (nSPS) is 13.5. The van der Waals surface area contributed by atoms with Crippen LogP contribution in [0.2, 0.25) is 0 Å². The second-order valence-electron chi connectivity index (χ2n) is 6.10. The Morgan fingerprint density at radius 1 is 1.07 bits per heavy atom. The third kappa shape index (κ3) is 3.95. The first-order chi connectivity index (χ1) is 14.4. The molecule has 0 bridgehead atoms. The number of nitrogens with one attached hydrogen (secondary N) is 1. The second-order valence-corrected chi connectivity index (χ2v) is 6.48. The average molecular weight is 431 g/mol. The number of carbonyl (C=O) groups excluding carboxylic acids is 3. The molecule has 0 radical (unpaired) electrons. The molecule has 156 valence electrons. The first-order valence-electron chi connectivity index (χ1n) is 8.96. The van der Waals surface area contributed by atoms with Crippen LogP contribution in [0.1, 0.15) is 17.3 Å². The quantitative estimate of drug-likeness (QED) is 0.532. The molecular formula is C21H19ClN2O6. The maximum Gasteiger partial charge on any atom is 0.338 e. The largest absolute Gasteiger partial charge is 0.497 e. The molecule has 0 fully saturated rings. The Bertz CT molecular complexity index is 1050. The van der Waals surface area contributed by atoms with Crippen LogP contribution in [0, 0.1) is 0 Å². The zero-order valence-electron chi connectivity index (χ0n) is 16.5. The number of rotatable bonds is 7. The smallest absolute Gasteiger partial charge is 0.338 e. The molecule has 0 saturated carbocycles. The zero-order valence-corrected chi connectivity index (χ0v) is 17.3. The summed E-state index contributed by atoms with van der Waals surface area (Å²) >= 11 is 6.17. The minimum atomic E-state index is -0.700. The van der Waals surface area contributed by atoms with Gasteiger partial charge in [-0.2, -0.15) is 0 Å². The van der Waals surface area contributed by atoms with E-state index in [2.05, 4.69) is 5.32 Å². The first-order valence-corrected chi connectivity index (χ1v) is 9.33. The number of hydrogen-bond acceptors (Lipinski definition) is 7. The SMILES string of the molecule is CCOC(=O)c1cccc(NC2=C(Cl)C(=O)N(c3ccc(OC)cc3OC)C2=O)c1. The monoisotopic (exact) mass is 430 g/mol. The van der Waals surface area contributed by atoms with Crippen molar-refractivity contribution < 1.29 is 28.6 Å². The standard InChI is InChI=1S/C21H19ClN2O6/c1-4-30-21(27)12-6-5-7-13(10-12)23-18-17(22)19(25)24(20(18)26)15-9-8-14(28-2)11-16(15)29-3/h5-11,23H,4H2,1-3H3. The highest BCUT2D eigenvalue weighted by molar-refractivity contribution is 6.53. The summed E-state index contributed by atoms with van der Waals surface area (Å²) in [6.45, 7) is 1.94. The van der Waals surface area contributed by atoms with E-state index in [0.717, 1.165) is 4.90 Å². The fourth-order valence-corrected chi connectivity index (χ4v) is 3.10. The van der Waals surface area contributed by atoms with E-state index in [4.69, 9.17) is 25.8 Å². The van der Waals surface area contributed by atoms with Gasteiger partial charge in [0.05, 0.1) is 32.1 Å². The van der Waals surface area contributed by atoms with Gasteiger partial charge in [-0.3, -0.25) is 9.59 Å². The van der Waals surface area contributed by atoms with Crippen LogP contribution >= 0.6 is 11.6 Å². The van der Waals surface area contributed by atoms with Gasteiger partial charge in [-0.15, -0.1) is 0 Å². The summed E-state index contributed by atoms with van der Waals surface area (Å²) in [6.07, 6.45) is 0. The molecule has 1 N–H and O–H groups in total. The van der Waals surface area contributed by atoms with Crippen LogP contribution < -0.4 is 19.7 Å². The van der Waals surface area contributed by atoms with Gasteiger partial charge in [0.2, 0.25) is 0 Å². The number of hydrogen-bond donors (Lipinski definition) is 1. The molecule has 0 spiro atoms. The summed E-state index contributed by atoms with van der Waals surface area (Å²) in [7, 11) is 2.91. The van der Waals surface area contributed by atoms with Gasteiger partial charge in [0.15, 0.2) is 0 Å². The van der Waals surface area contributed by atoms with Gasteiger partial charge in [-0.05, 0) is 37.3 Å². The van der Waals surface area contributed by atoms with Crippen LogP contribution in [-0.4, -0.2) is 38.6 Å². The molecule has 1 heterocycles. The molecule has 1 aliphatic rings. The van der Waals surface area contributed by atoms with Gasteiger partial charge < -0.3 is 19.5 Å². The Balaban J connectivity index is 1.90. The van der Waals surface area contributed by atoms with Crippen molar-refractivity contribution in [1.82, 2.24) is 0 Å². The molecular weight excluding hydrogens is 412 g/mol. The predicted octanol–water partition coefficient (Wildman–Crippen LogP) is 3.32. The van der Waals surface area contributed by atoms with Crippen LogP contribution in [0.25, 0.3) is 0 Å². The minimum absolute atomic E-state index is 0.111. The number of benzene rings is 2. The highest BCUT2D eigenvalue weighted by Crippen LogP contribution is 2.37. The van der Waals surface area contributed by atoms with Gasteiger partial charge in [0, 0.05) is 11.8 Å². The van der Waals surface area contributed by atoms with Crippen LogP contribution in [0.3, 0.4) is 0 Å². The van der Waals surface area contributed by atoms with Crippen LogP contribution in [-0.2, 0) is 14.3 Å². The van der Waals surface area contributed by atoms with E-state index in [0.29, 0.717) is 17.0 Å². The van der Waals surface area contributed by atoms with Crippen molar-refractivity contribution in [2.75, 3.05) is 31.0 Å². The highest BCUT2D eigenvalue weighted by atomic mass is 35.5. The van der Waals surface area contributed by atoms with Crippen molar-refractivity contribution >= 4 is 40.8 Å². The number of esters is 1. The molecule has 3 rings (SSSR count). The molecule has 30 heavy (non-hydrogen) atoms. The molecule has 9 heteroatoms. The minimum Gasteiger partial charge on any atom is -0.497 e. The van der Waals surface area contributed by atoms with Gasteiger partial charge >= 0.3 is 5.97 Å². The molecule has 0 aromatic heterocycles. The highest BCUT2D eigenvalue weighted by Gasteiger charge is 2.40. The van der Waals surface area contributed by atoms with E-state index in [9.17, 15) is 14.4 Å². The topological polar surface area (TPSA) is 94.2 Å². The van der Waals surface area contributed by atoms with E-state index in [1.54, 1.807) is 37.3 Å². The summed E-state index contributed by atoms with van der Waals surface area (Å²) in [5.74, 6) is -1.09. The molecule has 0 aliphatic carbocycles. The fraction of sp³-hybridized carbons (Fsp3) is 0.190. The van der Waals surface area contributed by atoms with Crippen molar-refractivity contribution in [3.8, 4) is 11.5 Å². The zero-order chi connectivity index (χ0) is 21.8. The molecule has 2 aromatic carbocycles. The van der Waals surface area contributed by atoms with Gasteiger partial charge in [-0.25, -0.2) is 9.69 Å². The van der Waals surface area contributed by atoms with Crippen molar-refractivity contribution in [1.29, 1.82) is 0 Å². The Morgan fingerprint density at radius 3 is 2.50 bits per heavy atom. The molecule has 0 unspecified atom stereocenters. The number of amides is 2. The summed E-state index contributed by atoms with van der Waals surface area (Å²) in [6, 6.07) is 11.0. The van der Waals surface area contributed by atoms with Crippen molar-refractivity contribution in [3.63, 3.8) is 0 Å². The van der Waals surface area contributed by atoms with E-state index in [-0.39, 0.29) is 28.8 Å². The van der Waals surface area contributed by atoms with Crippen molar-refractivity contribution in [3.05, 3.63) is 58.8 Å². The number of nitrogens with zero attached hydrogens (tertiary/aromatic N) is 1. The molecule has 2 aromatic rings. The van der Waals surface area contributed by atoms with E-state index in [1.165, 1.54) is 26.4 Å². The maximum absolute atomic E-state index is 13.0. The fourth-order valence-electron chi connectivity index (χ4n) is 2.88. The van der Waals surface area contributed by atoms with Crippen LogP contribution in [0.4, 0.5) is 11.4 Å². The second kappa shape index (κ2) is 8.87. The van der Waals surface area contributed by atoms with Gasteiger partial charge in [-0.1, -0.05) is 17.7 Å². The number of imide groups is 1. The summed E-state index contributed by atoms with van der Waals surface area (Å²) in [5.41, 5.74) is 0.812. The molecule has 8 nitrogen and oxygen atoms in total. The Labute approximate surface area is 178 Å². The third-order valence-electron chi connectivity index (χ3n) is 4.30.